The monoisotopic (exact) mass is 376 g/mol. The van der Waals surface area contributed by atoms with Gasteiger partial charge in [0.15, 0.2) is 0 Å². The molecule has 0 spiro atoms. The number of aryl methyl sites for hydroxylation is 2. The maximum absolute atomic E-state index is 13.3. The van der Waals surface area contributed by atoms with E-state index in [4.69, 9.17) is 0 Å². The molecule has 1 atom stereocenters. The van der Waals surface area contributed by atoms with Crippen LogP contribution < -0.4 is 0 Å². The Balaban J connectivity index is 1.61. The molecule has 1 aliphatic rings. The van der Waals surface area contributed by atoms with E-state index < -0.39 is 5.97 Å². The van der Waals surface area contributed by atoms with Crippen molar-refractivity contribution in [3.05, 3.63) is 70.9 Å². The average Bonchev–Trinajstić information content (AvgIpc) is 3.05. The van der Waals surface area contributed by atoms with Gasteiger partial charge in [0.25, 0.3) is 5.91 Å². The van der Waals surface area contributed by atoms with Gasteiger partial charge < -0.3 is 14.6 Å². The number of carbonyl (C=O) groups excluding carboxylic acids is 1. The minimum absolute atomic E-state index is 0.0391. The van der Waals surface area contributed by atoms with Gasteiger partial charge in [-0.3, -0.25) is 4.79 Å². The average molecular weight is 376 g/mol. The zero-order valence-corrected chi connectivity index (χ0v) is 16.2. The van der Waals surface area contributed by atoms with Crippen molar-refractivity contribution in [3.63, 3.8) is 0 Å². The second kappa shape index (κ2) is 7.15. The number of likely N-dealkylation sites (tertiary alicyclic amines) is 1. The Bertz CT molecular complexity index is 1070. The van der Waals surface area contributed by atoms with Gasteiger partial charge in [0, 0.05) is 31.4 Å². The van der Waals surface area contributed by atoms with Crippen LogP contribution in [0.2, 0.25) is 0 Å². The van der Waals surface area contributed by atoms with Crippen molar-refractivity contribution in [2.75, 3.05) is 13.1 Å². The number of amides is 1. The lowest BCUT2D eigenvalue weighted by Gasteiger charge is -2.33. The van der Waals surface area contributed by atoms with Crippen molar-refractivity contribution in [3.8, 4) is 0 Å². The number of hydrogen-bond donors (Lipinski definition) is 1. The molecule has 28 heavy (non-hydrogen) atoms. The number of nitrogens with zero attached hydrogens (tertiary/aromatic N) is 2. The minimum atomic E-state index is -0.920. The van der Waals surface area contributed by atoms with Crippen LogP contribution in [0.4, 0.5) is 0 Å². The van der Waals surface area contributed by atoms with Crippen LogP contribution in [0, 0.1) is 6.92 Å². The van der Waals surface area contributed by atoms with Crippen molar-refractivity contribution in [1.29, 1.82) is 0 Å². The SMILES string of the molecule is Cc1cccc2cc(C(=O)N3CCCC(c4cccc(C(=O)O)c4)C3)n(C)c12. The summed E-state index contributed by atoms with van der Waals surface area (Å²) < 4.78 is 1.99. The highest BCUT2D eigenvalue weighted by atomic mass is 16.4. The zero-order chi connectivity index (χ0) is 19.8. The van der Waals surface area contributed by atoms with Gasteiger partial charge in [-0.15, -0.1) is 0 Å². The van der Waals surface area contributed by atoms with Crippen molar-refractivity contribution in [2.24, 2.45) is 7.05 Å². The van der Waals surface area contributed by atoms with Gasteiger partial charge in [-0.1, -0.05) is 30.3 Å². The normalized spacial score (nSPS) is 17.1. The number of para-hydroxylation sites is 1. The predicted octanol–water partition coefficient (Wildman–Crippen LogP) is 4.20. The number of carbonyl (C=O) groups is 2. The maximum Gasteiger partial charge on any atom is 0.335 e. The van der Waals surface area contributed by atoms with Crippen LogP contribution in [0.25, 0.3) is 10.9 Å². The summed E-state index contributed by atoms with van der Waals surface area (Å²) in [6.45, 7) is 3.40. The quantitative estimate of drug-likeness (QED) is 0.745. The third-order valence-corrected chi connectivity index (χ3v) is 5.79. The molecule has 1 unspecified atom stereocenters. The van der Waals surface area contributed by atoms with Gasteiger partial charge in [0.05, 0.1) is 11.1 Å². The van der Waals surface area contributed by atoms with E-state index in [1.807, 2.05) is 40.8 Å². The second-order valence-electron chi connectivity index (χ2n) is 7.62. The van der Waals surface area contributed by atoms with E-state index in [9.17, 15) is 14.7 Å². The van der Waals surface area contributed by atoms with Crippen molar-refractivity contribution >= 4 is 22.8 Å². The number of piperidine rings is 1. The van der Waals surface area contributed by atoms with Gasteiger partial charge in [0.2, 0.25) is 0 Å². The topological polar surface area (TPSA) is 62.5 Å². The van der Waals surface area contributed by atoms with Crippen LogP contribution >= 0.6 is 0 Å². The van der Waals surface area contributed by atoms with E-state index in [0.717, 1.165) is 41.4 Å². The van der Waals surface area contributed by atoms with E-state index >= 15 is 0 Å². The molecule has 2 aromatic carbocycles. The van der Waals surface area contributed by atoms with E-state index in [2.05, 4.69) is 13.0 Å². The number of fused-ring (bicyclic) bond motifs is 1. The first-order valence-corrected chi connectivity index (χ1v) is 9.63. The van der Waals surface area contributed by atoms with Crippen LogP contribution in [0.1, 0.15) is 50.7 Å². The molecule has 1 saturated heterocycles. The summed E-state index contributed by atoms with van der Waals surface area (Å²) in [5.41, 5.74) is 4.23. The number of aromatic nitrogens is 1. The maximum atomic E-state index is 13.3. The first-order valence-electron chi connectivity index (χ1n) is 9.63. The molecule has 0 aliphatic carbocycles. The number of benzene rings is 2. The Kier molecular flexibility index (Phi) is 4.67. The molecule has 2 heterocycles. The largest absolute Gasteiger partial charge is 0.478 e. The van der Waals surface area contributed by atoms with Crippen LogP contribution in [-0.2, 0) is 7.05 Å². The van der Waals surface area contributed by atoms with Crippen LogP contribution in [-0.4, -0.2) is 39.5 Å². The lowest BCUT2D eigenvalue weighted by Crippen LogP contribution is -2.39. The molecule has 1 aromatic heterocycles. The molecule has 4 rings (SSSR count). The Morgan fingerprint density at radius 2 is 1.89 bits per heavy atom. The van der Waals surface area contributed by atoms with Gasteiger partial charge in [-0.05, 0) is 49.1 Å². The number of hydrogen-bond acceptors (Lipinski definition) is 2. The highest BCUT2D eigenvalue weighted by Gasteiger charge is 2.27. The standard InChI is InChI=1S/C23H24N2O3/c1-15-6-3-8-17-13-20(24(2)21(15)17)22(26)25-11-5-10-19(14-25)16-7-4-9-18(12-16)23(27)28/h3-4,6-9,12-13,19H,5,10-11,14H2,1-2H3,(H,27,28). The molecule has 1 amide bonds. The Hall–Kier alpha value is -3.08. The molecule has 0 bridgehead atoms. The fourth-order valence-corrected chi connectivity index (χ4v) is 4.35. The van der Waals surface area contributed by atoms with Crippen molar-refractivity contribution in [1.82, 2.24) is 9.47 Å². The summed E-state index contributed by atoms with van der Waals surface area (Å²) in [7, 11) is 1.94. The number of carboxylic acids is 1. The fourth-order valence-electron chi connectivity index (χ4n) is 4.35. The van der Waals surface area contributed by atoms with Gasteiger partial charge >= 0.3 is 5.97 Å². The molecule has 1 aliphatic heterocycles. The molecule has 0 saturated carbocycles. The number of aromatic carboxylic acids is 1. The molecular weight excluding hydrogens is 352 g/mol. The van der Waals surface area contributed by atoms with E-state index in [0.29, 0.717) is 17.8 Å². The summed E-state index contributed by atoms with van der Waals surface area (Å²) in [6, 6.07) is 15.2. The second-order valence-corrected chi connectivity index (χ2v) is 7.62. The third-order valence-electron chi connectivity index (χ3n) is 5.79. The van der Waals surface area contributed by atoms with E-state index in [1.165, 1.54) is 0 Å². The first-order chi connectivity index (χ1) is 13.5. The van der Waals surface area contributed by atoms with Gasteiger partial charge in [-0.2, -0.15) is 0 Å². The summed E-state index contributed by atoms with van der Waals surface area (Å²) in [5, 5.41) is 10.3. The molecule has 3 aromatic rings. The predicted molar refractivity (Wildman–Crippen MR) is 109 cm³/mol. The highest BCUT2D eigenvalue weighted by Crippen LogP contribution is 2.29. The summed E-state index contributed by atoms with van der Waals surface area (Å²) in [5.74, 6) is -0.720. The van der Waals surface area contributed by atoms with E-state index in [1.54, 1.807) is 18.2 Å². The minimum Gasteiger partial charge on any atom is -0.478 e. The molecule has 0 radical (unpaired) electrons. The fraction of sp³-hybridized carbons (Fsp3) is 0.304. The first kappa shape index (κ1) is 18.3. The van der Waals surface area contributed by atoms with Crippen LogP contribution in [0.15, 0.2) is 48.5 Å². The zero-order valence-electron chi connectivity index (χ0n) is 16.2. The Labute approximate surface area is 164 Å². The highest BCUT2D eigenvalue weighted by molar-refractivity contribution is 5.99. The number of carboxylic acid groups (broad SMARTS) is 1. The molecule has 144 valence electrons. The molecular formula is C23H24N2O3. The van der Waals surface area contributed by atoms with E-state index in [-0.39, 0.29) is 11.8 Å². The lowest BCUT2D eigenvalue weighted by atomic mass is 9.89. The lowest BCUT2D eigenvalue weighted by molar-refractivity contribution is 0.0684. The van der Waals surface area contributed by atoms with Crippen molar-refractivity contribution < 1.29 is 14.7 Å². The summed E-state index contributed by atoms with van der Waals surface area (Å²) in [6.07, 6.45) is 1.87. The van der Waals surface area contributed by atoms with Crippen LogP contribution in [0.3, 0.4) is 0 Å². The molecule has 1 N–H and O–H groups in total. The Morgan fingerprint density at radius 3 is 2.64 bits per heavy atom. The smallest absolute Gasteiger partial charge is 0.335 e. The third kappa shape index (κ3) is 3.17. The van der Waals surface area contributed by atoms with Gasteiger partial charge in [-0.25, -0.2) is 4.79 Å². The van der Waals surface area contributed by atoms with Crippen LogP contribution in [0.5, 0.6) is 0 Å². The number of rotatable bonds is 3. The molecule has 5 nitrogen and oxygen atoms in total. The van der Waals surface area contributed by atoms with Gasteiger partial charge in [0.1, 0.15) is 5.69 Å². The summed E-state index contributed by atoms with van der Waals surface area (Å²) >= 11 is 0. The van der Waals surface area contributed by atoms with Crippen molar-refractivity contribution in [2.45, 2.75) is 25.7 Å². The molecule has 5 heteroatoms. The Morgan fingerprint density at radius 1 is 1.11 bits per heavy atom. The summed E-state index contributed by atoms with van der Waals surface area (Å²) in [4.78, 5) is 26.4. The molecule has 1 fully saturated rings.